The van der Waals surface area contributed by atoms with Crippen molar-refractivity contribution in [2.75, 3.05) is 13.1 Å². The third-order valence-corrected chi connectivity index (χ3v) is 3.09. The van der Waals surface area contributed by atoms with Crippen molar-refractivity contribution in [2.45, 2.75) is 58.5 Å². The smallest absolute Gasteiger partial charge is 0.306 e. The van der Waals surface area contributed by atoms with E-state index in [0.717, 1.165) is 25.8 Å². The standard InChI is InChI=1S/C14H27N3O2.HI/c1-11(2)10-17-14(15)16-9-5-8-13(18)19-12-6-3-4-7-12;/h11-12H,3-10H2,1-2H3,(H3,15,16,17);1H. The van der Waals surface area contributed by atoms with Crippen LogP contribution in [0, 0.1) is 5.92 Å². The lowest BCUT2D eigenvalue weighted by molar-refractivity contribution is -0.148. The van der Waals surface area contributed by atoms with Gasteiger partial charge in [-0.15, -0.1) is 24.0 Å². The Morgan fingerprint density at radius 2 is 2.05 bits per heavy atom. The van der Waals surface area contributed by atoms with E-state index in [1.54, 1.807) is 0 Å². The first-order valence-electron chi connectivity index (χ1n) is 7.31. The molecule has 0 unspecified atom stereocenters. The lowest BCUT2D eigenvalue weighted by Crippen LogP contribution is -2.33. The van der Waals surface area contributed by atoms with E-state index in [0.29, 0.717) is 24.8 Å². The topological polar surface area (TPSA) is 76.7 Å². The van der Waals surface area contributed by atoms with Crippen molar-refractivity contribution in [1.82, 2.24) is 5.32 Å². The quantitative estimate of drug-likeness (QED) is 0.228. The molecule has 0 saturated heterocycles. The third-order valence-electron chi connectivity index (χ3n) is 3.09. The van der Waals surface area contributed by atoms with Gasteiger partial charge in [-0.05, 0) is 38.0 Å². The van der Waals surface area contributed by atoms with Crippen LogP contribution in [0.2, 0.25) is 0 Å². The maximum atomic E-state index is 11.5. The van der Waals surface area contributed by atoms with Gasteiger partial charge >= 0.3 is 5.97 Å². The molecule has 0 heterocycles. The number of nitrogens with one attached hydrogen (secondary N) is 1. The molecule has 0 spiro atoms. The van der Waals surface area contributed by atoms with Gasteiger partial charge in [-0.3, -0.25) is 9.79 Å². The molecule has 0 aliphatic heterocycles. The number of halogens is 1. The predicted octanol–water partition coefficient (Wildman–Crippen LogP) is 2.43. The van der Waals surface area contributed by atoms with Crippen LogP contribution in [0.4, 0.5) is 0 Å². The third kappa shape index (κ3) is 9.39. The fraction of sp³-hybridized carbons (Fsp3) is 0.857. The fourth-order valence-electron chi connectivity index (χ4n) is 2.04. The lowest BCUT2D eigenvalue weighted by Gasteiger charge is -2.11. The number of ether oxygens (including phenoxy) is 1. The average Bonchev–Trinajstić information content (AvgIpc) is 2.85. The fourth-order valence-corrected chi connectivity index (χ4v) is 2.04. The summed E-state index contributed by atoms with van der Waals surface area (Å²) in [5, 5.41) is 3.01. The first-order chi connectivity index (χ1) is 9.08. The van der Waals surface area contributed by atoms with Crippen LogP contribution in [0.1, 0.15) is 52.4 Å². The Balaban J connectivity index is 0.00000361. The van der Waals surface area contributed by atoms with Gasteiger partial charge in [-0.25, -0.2) is 0 Å². The molecule has 1 saturated carbocycles. The Hall–Kier alpha value is -0.530. The van der Waals surface area contributed by atoms with Gasteiger partial charge in [0.2, 0.25) is 0 Å². The largest absolute Gasteiger partial charge is 0.462 e. The molecule has 1 aliphatic carbocycles. The molecule has 0 amide bonds. The molecule has 1 aliphatic rings. The summed E-state index contributed by atoms with van der Waals surface area (Å²) in [5.74, 6) is 0.867. The van der Waals surface area contributed by atoms with Crippen LogP contribution in [0.5, 0.6) is 0 Å². The summed E-state index contributed by atoms with van der Waals surface area (Å²) in [5.41, 5.74) is 5.69. The van der Waals surface area contributed by atoms with Crippen molar-refractivity contribution in [3.63, 3.8) is 0 Å². The number of guanidine groups is 1. The molecular weight excluding hydrogens is 369 g/mol. The molecule has 5 nitrogen and oxygen atoms in total. The maximum absolute atomic E-state index is 11.5. The highest BCUT2D eigenvalue weighted by Gasteiger charge is 2.18. The van der Waals surface area contributed by atoms with Gasteiger partial charge in [0.1, 0.15) is 6.10 Å². The Bertz CT molecular complexity index is 303. The van der Waals surface area contributed by atoms with E-state index < -0.39 is 0 Å². The highest BCUT2D eigenvalue weighted by Crippen LogP contribution is 2.21. The second-order valence-corrected chi connectivity index (χ2v) is 5.55. The van der Waals surface area contributed by atoms with Gasteiger partial charge in [-0.2, -0.15) is 0 Å². The van der Waals surface area contributed by atoms with Gasteiger partial charge in [-0.1, -0.05) is 13.8 Å². The summed E-state index contributed by atoms with van der Waals surface area (Å²) >= 11 is 0. The molecule has 118 valence electrons. The molecule has 0 aromatic carbocycles. The summed E-state index contributed by atoms with van der Waals surface area (Å²) in [6.45, 7) is 5.57. The number of carbonyl (C=O) groups excluding carboxylic acids is 1. The Morgan fingerprint density at radius 3 is 2.65 bits per heavy atom. The number of nitrogens with two attached hydrogens (primary N) is 1. The van der Waals surface area contributed by atoms with Gasteiger partial charge in [0.05, 0.1) is 0 Å². The summed E-state index contributed by atoms with van der Waals surface area (Å²) < 4.78 is 5.37. The number of hydrogen-bond acceptors (Lipinski definition) is 3. The average molecular weight is 397 g/mol. The monoisotopic (exact) mass is 397 g/mol. The van der Waals surface area contributed by atoms with Crippen LogP contribution in [0.25, 0.3) is 0 Å². The van der Waals surface area contributed by atoms with E-state index in [4.69, 9.17) is 10.5 Å². The van der Waals surface area contributed by atoms with Crippen molar-refractivity contribution >= 4 is 35.9 Å². The van der Waals surface area contributed by atoms with Gasteiger partial charge in [0.25, 0.3) is 0 Å². The van der Waals surface area contributed by atoms with Gasteiger partial charge < -0.3 is 15.8 Å². The molecule has 6 heteroatoms. The molecule has 1 fully saturated rings. The Kier molecular flexibility index (Phi) is 10.9. The number of nitrogens with zero attached hydrogens (tertiary/aromatic N) is 1. The van der Waals surface area contributed by atoms with Crippen molar-refractivity contribution in [3.05, 3.63) is 0 Å². The van der Waals surface area contributed by atoms with Crippen molar-refractivity contribution in [2.24, 2.45) is 16.6 Å². The number of carbonyl (C=O) groups is 1. The van der Waals surface area contributed by atoms with Gasteiger partial charge in [0.15, 0.2) is 5.96 Å². The zero-order valence-electron chi connectivity index (χ0n) is 12.6. The lowest BCUT2D eigenvalue weighted by atomic mass is 10.2. The van der Waals surface area contributed by atoms with Gasteiger partial charge in [0, 0.05) is 19.5 Å². The summed E-state index contributed by atoms with van der Waals surface area (Å²) in [6.07, 6.45) is 5.75. The van der Waals surface area contributed by atoms with E-state index in [1.807, 2.05) is 0 Å². The van der Waals surface area contributed by atoms with Crippen LogP contribution >= 0.6 is 24.0 Å². The molecular formula is C14H28IN3O2. The number of hydrogen-bond donors (Lipinski definition) is 2. The zero-order valence-corrected chi connectivity index (χ0v) is 14.9. The summed E-state index contributed by atoms with van der Waals surface area (Å²) in [7, 11) is 0. The minimum atomic E-state index is -0.0913. The highest BCUT2D eigenvalue weighted by molar-refractivity contribution is 14.0. The SMILES string of the molecule is CC(C)CN=C(N)NCCCC(=O)OC1CCCC1.I. The second-order valence-electron chi connectivity index (χ2n) is 5.55. The van der Waals surface area contributed by atoms with Crippen molar-refractivity contribution < 1.29 is 9.53 Å². The summed E-state index contributed by atoms with van der Waals surface area (Å²) in [4.78, 5) is 15.7. The van der Waals surface area contributed by atoms with E-state index in [-0.39, 0.29) is 36.0 Å². The number of esters is 1. The van der Waals surface area contributed by atoms with E-state index in [2.05, 4.69) is 24.2 Å². The van der Waals surface area contributed by atoms with E-state index in [9.17, 15) is 4.79 Å². The Labute approximate surface area is 139 Å². The molecule has 0 aromatic rings. The first kappa shape index (κ1) is 19.5. The van der Waals surface area contributed by atoms with Crippen LogP contribution in [0.15, 0.2) is 4.99 Å². The molecule has 3 N–H and O–H groups in total. The zero-order chi connectivity index (χ0) is 14.1. The number of aliphatic imine (C=N–C) groups is 1. The molecule has 0 aromatic heterocycles. The molecule has 0 bridgehead atoms. The second kappa shape index (κ2) is 11.2. The number of rotatable bonds is 7. The van der Waals surface area contributed by atoms with E-state index >= 15 is 0 Å². The van der Waals surface area contributed by atoms with Crippen LogP contribution < -0.4 is 11.1 Å². The first-order valence-corrected chi connectivity index (χ1v) is 7.31. The minimum absolute atomic E-state index is 0. The van der Waals surface area contributed by atoms with E-state index in [1.165, 1.54) is 12.8 Å². The highest BCUT2D eigenvalue weighted by atomic mass is 127. The van der Waals surface area contributed by atoms with Crippen molar-refractivity contribution in [3.8, 4) is 0 Å². The molecule has 0 atom stereocenters. The van der Waals surface area contributed by atoms with Crippen LogP contribution in [0.3, 0.4) is 0 Å². The van der Waals surface area contributed by atoms with Crippen molar-refractivity contribution in [1.29, 1.82) is 0 Å². The van der Waals surface area contributed by atoms with Crippen LogP contribution in [-0.4, -0.2) is 31.1 Å². The summed E-state index contributed by atoms with van der Waals surface area (Å²) in [6, 6.07) is 0. The van der Waals surface area contributed by atoms with Crippen LogP contribution in [-0.2, 0) is 9.53 Å². The molecule has 20 heavy (non-hydrogen) atoms. The normalized spacial score (nSPS) is 16.1. The molecule has 1 rings (SSSR count). The Morgan fingerprint density at radius 1 is 1.40 bits per heavy atom. The molecule has 0 radical (unpaired) electrons. The minimum Gasteiger partial charge on any atom is -0.462 e. The predicted molar refractivity (Wildman–Crippen MR) is 92.3 cm³/mol. The maximum Gasteiger partial charge on any atom is 0.306 e.